The number of rotatable bonds is 4. The Morgan fingerprint density at radius 1 is 1.57 bits per heavy atom. The predicted octanol–water partition coefficient (Wildman–Crippen LogP) is 0.633. The minimum atomic E-state index is 0.653. The summed E-state index contributed by atoms with van der Waals surface area (Å²) in [6.45, 7) is 3.48. The maximum Gasteiger partial charge on any atom is 0.145 e. The summed E-state index contributed by atoms with van der Waals surface area (Å²) in [5.41, 5.74) is 0. The second-order valence-electron chi connectivity index (χ2n) is 2.82. The minimum absolute atomic E-state index is 0.653. The van der Waals surface area contributed by atoms with Crippen LogP contribution in [0.4, 0.5) is 5.82 Å². The lowest BCUT2D eigenvalue weighted by Gasteiger charge is -2.04. The summed E-state index contributed by atoms with van der Waals surface area (Å²) in [5, 5.41) is 10.9. The van der Waals surface area contributed by atoms with E-state index in [1.807, 2.05) is 6.92 Å². The monoisotopic (exact) mass is 192 g/mol. The molecule has 0 saturated heterocycles. The van der Waals surface area contributed by atoms with Gasteiger partial charge in [-0.3, -0.25) is 0 Å². The number of nitrogens with one attached hydrogen (secondary N) is 2. The zero-order valence-corrected chi connectivity index (χ0v) is 7.94. The summed E-state index contributed by atoms with van der Waals surface area (Å²) in [6, 6.07) is 0. The summed E-state index contributed by atoms with van der Waals surface area (Å²) in [4.78, 5) is 7.12. The lowest BCUT2D eigenvalue weighted by molar-refractivity contribution is 0.630. The highest BCUT2D eigenvalue weighted by molar-refractivity contribution is 5.30. The van der Waals surface area contributed by atoms with Gasteiger partial charge in [-0.05, 0) is 6.92 Å². The van der Waals surface area contributed by atoms with E-state index < -0.39 is 0 Å². The molecule has 0 bridgehead atoms. The summed E-state index contributed by atoms with van der Waals surface area (Å²) < 4.78 is 1.79. The molecule has 6 nitrogen and oxygen atoms in total. The molecule has 0 aromatic carbocycles. The highest BCUT2D eigenvalue weighted by Crippen LogP contribution is 2.04. The van der Waals surface area contributed by atoms with Gasteiger partial charge in [0, 0.05) is 18.9 Å². The molecule has 6 heteroatoms. The van der Waals surface area contributed by atoms with Crippen LogP contribution in [0.1, 0.15) is 12.7 Å². The van der Waals surface area contributed by atoms with Crippen molar-refractivity contribution in [3.8, 4) is 0 Å². The van der Waals surface area contributed by atoms with Gasteiger partial charge in [0.05, 0.1) is 12.7 Å². The maximum absolute atomic E-state index is 4.10. The van der Waals surface area contributed by atoms with Crippen molar-refractivity contribution in [1.29, 1.82) is 0 Å². The van der Waals surface area contributed by atoms with Gasteiger partial charge in [-0.1, -0.05) is 5.21 Å². The molecule has 2 aromatic heterocycles. The number of hydrogen-bond acceptors (Lipinski definition) is 4. The molecule has 2 aromatic rings. The summed E-state index contributed by atoms with van der Waals surface area (Å²) >= 11 is 0. The molecule has 0 unspecified atom stereocenters. The van der Waals surface area contributed by atoms with E-state index in [1.165, 1.54) is 0 Å². The first kappa shape index (κ1) is 8.74. The Hall–Kier alpha value is -1.85. The Morgan fingerprint density at radius 3 is 3.21 bits per heavy atom. The number of H-pyrrole nitrogens is 1. The van der Waals surface area contributed by atoms with Gasteiger partial charge in [0.15, 0.2) is 0 Å². The number of nitrogens with zero attached hydrogens (tertiary/aromatic N) is 4. The van der Waals surface area contributed by atoms with Crippen molar-refractivity contribution >= 4 is 5.82 Å². The van der Waals surface area contributed by atoms with Crippen LogP contribution >= 0.6 is 0 Å². The molecule has 2 heterocycles. The molecule has 0 radical (unpaired) electrons. The Balaban J connectivity index is 1.98. The van der Waals surface area contributed by atoms with Crippen molar-refractivity contribution in [2.24, 2.45) is 0 Å². The zero-order chi connectivity index (χ0) is 9.80. The Morgan fingerprint density at radius 2 is 2.50 bits per heavy atom. The van der Waals surface area contributed by atoms with Gasteiger partial charge in [0.2, 0.25) is 0 Å². The molecule has 2 rings (SSSR count). The quantitative estimate of drug-likeness (QED) is 0.745. The second-order valence-corrected chi connectivity index (χ2v) is 2.82. The number of imidazole rings is 1. The average molecular weight is 192 g/mol. The molecule has 0 fully saturated rings. The maximum atomic E-state index is 4.10. The molecular formula is C8H12N6. The van der Waals surface area contributed by atoms with Crippen LogP contribution in [0.2, 0.25) is 0 Å². The van der Waals surface area contributed by atoms with Gasteiger partial charge < -0.3 is 10.3 Å². The minimum Gasteiger partial charge on any atom is -0.362 e. The molecule has 0 amide bonds. The predicted molar refractivity (Wildman–Crippen MR) is 51.6 cm³/mol. The fourth-order valence-electron chi connectivity index (χ4n) is 1.20. The number of aromatic amines is 1. The van der Waals surface area contributed by atoms with Crippen LogP contribution in [0.25, 0.3) is 0 Å². The van der Waals surface area contributed by atoms with Crippen LogP contribution < -0.4 is 5.32 Å². The van der Waals surface area contributed by atoms with Crippen molar-refractivity contribution in [1.82, 2.24) is 25.0 Å². The molecule has 14 heavy (non-hydrogen) atoms. The Kier molecular flexibility index (Phi) is 2.44. The fraction of sp³-hybridized carbons (Fsp3) is 0.375. The van der Waals surface area contributed by atoms with Crippen LogP contribution in [-0.4, -0.2) is 25.0 Å². The van der Waals surface area contributed by atoms with E-state index in [-0.39, 0.29) is 0 Å². The number of aromatic nitrogens is 5. The number of anilines is 1. The van der Waals surface area contributed by atoms with E-state index in [0.717, 1.165) is 18.2 Å². The molecule has 0 atom stereocenters. The molecule has 0 spiro atoms. The first-order chi connectivity index (χ1) is 6.90. The van der Waals surface area contributed by atoms with E-state index in [0.29, 0.717) is 6.54 Å². The first-order valence-electron chi connectivity index (χ1n) is 4.50. The van der Waals surface area contributed by atoms with E-state index in [1.54, 1.807) is 23.3 Å². The molecule has 2 N–H and O–H groups in total. The van der Waals surface area contributed by atoms with Crippen molar-refractivity contribution in [2.45, 2.75) is 20.0 Å². The van der Waals surface area contributed by atoms with Gasteiger partial charge >= 0.3 is 0 Å². The molecular weight excluding hydrogens is 180 g/mol. The fourth-order valence-corrected chi connectivity index (χ4v) is 1.20. The van der Waals surface area contributed by atoms with Crippen molar-refractivity contribution in [3.63, 3.8) is 0 Å². The van der Waals surface area contributed by atoms with Crippen LogP contribution in [0.3, 0.4) is 0 Å². The van der Waals surface area contributed by atoms with Crippen LogP contribution in [0, 0.1) is 0 Å². The first-order valence-corrected chi connectivity index (χ1v) is 4.50. The third-order valence-corrected chi connectivity index (χ3v) is 1.91. The molecule has 0 saturated carbocycles. The smallest absolute Gasteiger partial charge is 0.145 e. The molecule has 0 aliphatic rings. The van der Waals surface area contributed by atoms with Gasteiger partial charge in [-0.2, -0.15) is 0 Å². The second kappa shape index (κ2) is 3.91. The van der Waals surface area contributed by atoms with Crippen molar-refractivity contribution < 1.29 is 0 Å². The normalized spacial score (nSPS) is 10.4. The van der Waals surface area contributed by atoms with Gasteiger partial charge in [0.1, 0.15) is 11.6 Å². The van der Waals surface area contributed by atoms with Gasteiger partial charge in [0.25, 0.3) is 0 Å². The third-order valence-electron chi connectivity index (χ3n) is 1.91. The largest absolute Gasteiger partial charge is 0.362 e. The topological polar surface area (TPSA) is 71.4 Å². The molecule has 0 aliphatic heterocycles. The average Bonchev–Trinajstić information content (AvgIpc) is 2.85. The van der Waals surface area contributed by atoms with E-state index in [9.17, 15) is 0 Å². The number of aryl methyl sites for hydroxylation is 1. The van der Waals surface area contributed by atoms with E-state index in [4.69, 9.17) is 0 Å². The van der Waals surface area contributed by atoms with Crippen LogP contribution in [0.5, 0.6) is 0 Å². The van der Waals surface area contributed by atoms with Crippen LogP contribution in [-0.2, 0) is 13.1 Å². The lowest BCUT2D eigenvalue weighted by atomic mass is 10.5. The Labute approximate surface area is 81.4 Å². The Bertz CT molecular complexity index is 376. The number of hydrogen-bond donors (Lipinski definition) is 2. The van der Waals surface area contributed by atoms with Gasteiger partial charge in [-0.25, -0.2) is 9.67 Å². The molecule has 0 aliphatic carbocycles. The van der Waals surface area contributed by atoms with E-state index in [2.05, 4.69) is 25.6 Å². The SMILES string of the molecule is CCn1nncc1NCc1ncc[nH]1. The highest BCUT2D eigenvalue weighted by atomic mass is 15.4. The van der Waals surface area contributed by atoms with Crippen molar-refractivity contribution in [3.05, 3.63) is 24.4 Å². The highest BCUT2D eigenvalue weighted by Gasteiger charge is 2.01. The van der Waals surface area contributed by atoms with Crippen molar-refractivity contribution in [2.75, 3.05) is 5.32 Å². The lowest BCUT2D eigenvalue weighted by Crippen LogP contribution is -2.07. The summed E-state index contributed by atoms with van der Waals surface area (Å²) in [6.07, 6.45) is 5.23. The van der Waals surface area contributed by atoms with E-state index >= 15 is 0 Å². The summed E-state index contributed by atoms with van der Waals surface area (Å²) in [5.74, 6) is 1.80. The van der Waals surface area contributed by atoms with Crippen LogP contribution in [0.15, 0.2) is 18.6 Å². The third kappa shape index (κ3) is 1.73. The summed E-state index contributed by atoms with van der Waals surface area (Å²) in [7, 11) is 0. The molecule has 74 valence electrons. The standard InChI is InChI=1S/C8H12N6/c1-2-14-8(6-12-13-14)11-5-7-9-3-4-10-7/h3-4,6,11H,2,5H2,1H3,(H,9,10). The zero-order valence-electron chi connectivity index (χ0n) is 7.94. The van der Waals surface area contributed by atoms with Gasteiger partial charge in [-0.15, -0.1) is 5.10 Å².